The number of nitrogens with zero attached hydrogens (tertiary/aromatic N) is 1. The Bertz CT molecular complexity index is 873. The summed E-state index contributed by atoms with van der Waals surface area (Å²) in [4.78, 5) is 39.2. The van der Waals surface area contributed by atoms with Gasteiger partial charge < -0.3 is 15.5 Å². The molecule has 0 saturated carbocycles. The van der Waals surface area contributed by atoms with Crippen LogP contribution in [0, 0.1) is 0 Å². The summed E-state index contributed by atoms with van der Waals surface area (Å²) in [5, 5.41) is 5.96. The van der Waals surface area contributed by atoms with Gasteiger partial charge in [-0.2, -0.15) is 0 Å². The van der Waals surface area contributed by atoms with E-state index >= 15 is 0 Å². The van der Waals surface area contributed by atoms with Crippen LogP contribution in [0.3, 0.4) is 0 Å². The molecule has 0 bridgehead atoms. The van der Waals surface area contributed by atoms with E-state index in [9.17, 15) is 14.4 Å². The molecular weight excluding hydrogens is 390 g/mol. The minimum atomic E-state index is -0.664. The van der Waals surface area contributed by atoms with Crippen LogP contribution in [0.25, 0.3) is 0 Å². The van der Waals surface area contributed by atoms with Gasteiger partial charge in [-0.05, 0) is 30.5 Å². The molecule has 7 heteroatoms. The van der Waals surface area contributed by atoms with Crippen molar-refractivity contribution in [3.05, 3.63) is 70.7 Å². The van der Waals surface area contributed by atoms with Crippen molar-refractivity contribution in [2.75, 3.05) is 19.6 Å². The molecular formula is C22H24ClN3O3. The van der Waals surface area contributed by atoms with Crippen molar-refractivity contribution in [2.24, 2.45) is 0 Å². The van der Waals surface area contributed by atoms with Crippen molar-refractivity contribution in [3.8, 4) is 0 Å². The minimum Gasteiger partial charge on any atom is -0.352 e. The van der Waals surface area contributed by atoms with Gasteiger partial charge in [0.2, 0.25) is 11.8 Å². The quantitative estimate of drug-likeness (QED) is 0.685. The van der Waals surface area contributed by atoms with E-state index in [0.717, 1.165) is 18.4 Å². The third kappa shape index (κ3) is 5.35. The largest absolute Gasteiger partial charge is 0.352 e. The highest BCUT2D eigenvalue weighted by Crippen LogP contribution is 2.25. The van der Waals surface area contributed by atoms with Crippen LogP contribution in [0.2, 0.25) is 5.02 Å². The van der Waals surface area contributed by atoms with Gasteiger partial charge in [-0.25, -0.2) is 0 Å². The summed E-state index contributed by atoms with van der Waals surface area (Å²) in [5.41, 5.74) is 1.17. The maximum atomic E-state index is 12.9. The molecule has 3 rings (SSSR count). The maximum Gasteiger partial charge on any atom is 0.252 e. The highest BCUT2D eigenvalue weighted by molar-refractivity contribution is 6.33. The molecule has 2 aromatic rings. The first kappa shape index (κ1) is 20.9. The minimum absolute atomic E-state index is 0.00715. The number of benzene rings is 2. The fraction of sp³-hybridized carbons (Fsp3) is 0.318. The zero-order valence-electron chi connectivity index (χ0n) is 16.1. The topological polar surface area (TPSA) is 78.5 Å². The molecule has 152 valence electrons. The first-order valence-corrected chi connectivity index (χ1v) is 10.1. The zero-order valence-corrected chi connectivity index (χ0v) is 16.8. The van der Waals surface area contributed by atoms with Crippen molar-refractivity contribution >= 4 is 29.3 Å². The number of piperidine rings is 1. The average molecular weight is 414 g/mol. The average Bonchev–Trinajstić information content (AvgIpc) is 2.74. The normalized spacial score (nSPS) is 14.9. The summed E-state index contributed by atoms with van der Waals surface area (Å²) in [7, 11) is 0. The van der Waals surface area contributed by atoms with Gasteiger partial charge in [0.15, 0.2) is 0 Å². The Morgan fingerprint density at radius 1 is 0.966 bits per heavy atom. The van der Waals surface area contributed by atoms with Crippen LogP contribution in [-0.4, -0.2) is 42.3 Å². The van der Waals surface area contributed by atoms with Crippen molar-refractivity contribution in [1.82, 2.24) is 15.5 Å². The first-order chi connectivity index (χ1) is 14.1. The van der Waals surface area contributed by atoms with Crippen molar-refractivity contribution < 1.29 is 14.4 Å². The third-order valence-corrected chi connectivity index (χ3v) is 5.19. The van der Waals surface area contributed by atoms with Gasteiger partial charge in [0.1, 0.15) is 6.04 Å². The Morgan fingerprint density at radius 2 is 1.66 bits per heavy atom. The van der Waals surface area contributed by atoms with Crippen LogP contribution in [-0.2, 0) is 9.59 Å². The number of hydrogen-bond donors (Lipinski definition) is 2. The number of halogens is 1. The molecule has 0 aliphatic carbocycles. The van der Waals surface area contributed by atoms with Gasteiger partial charge in [-0.3, -0.25) is 14.4 Å². The molecule has 2 N–H and O–H groups in total. The van der Waals surface area contributed by atoms with Gasteiger partial charge in [0.25, 0.3) is 5.91 Å². The number of hydrogen-bond acceptors (Lipinski definition) is 3. The van der Waals surface area contributed by atoms with Crippen LogP contribution in [0.5, 0.6) is 0 Å². The molecule has 1 fully saturated rings. The summed E-state index contributed by atoms with van der Waals surface area (Å²) in [5.74, 6) is -0.554. The van der Waals surface area contributed by atoms with Gasteiger partial charge in [0.05, 0.1) is 10.6 Å². The van der Waals surface area contributed by atoms with E-state index < -0.39 is 6.04 Å². The fourth-order valence-electron chi connectivity index (χ4n) is 3.41. The van der Waals surface area contributed by atoms with Crippen LogP contribution < -0.4 is 10.6 Å². The zero-order chi connectivity index (χ0) is 20.6. The summed E-state index contributed by atoms with van der Waals surface area (Å²) in [6.45, 7) is 1.07. The number of carbonyl (C=O) groups excluding carboxylic acids is 3. The second-order valence-corrected chi connectivity index (χ2v) is 7.29. The molecule has 29 heavy (non-hydrogen) atoms. The van der Waals surface area contributed by atoms with E-state index in [1.807, 2.05) is 30.3 Å². The SMILES string of the molecule is O=C(NCCNC(=O)C(c1ccccc1)N1CCCCC1=O)c1ccccc1Cl. The fourth-order valence-corrected chi connectivity index (χ4v) is 3.63. The van der Waals surface area contributed by atoms with Crippen LogP contribution in [0.1, 0.15) is 41.2 Å². The summed E-state index contributed by atoms with van der Waals surface area (Å²) >= 11 is 6.02. The molecule has 0 aromatic heterocycles. The van der Waals surface area contributed by atoms with E-state index in [2.05, 4.69) is 10.6 Å². The lowest BCUT2D eigenvalue weighted by Gasteiger charge is -2.34. The van der Waals surface area contributed by atoms with Crippen LogP contribution >= 0.6 is 11.6 Å². The lowest BCUT2D eigenvalue weighted by atomic mass is 10.0. The Kier molecular flexibility index (Phi) is 7.25. The van der Waals surface area contributed by atoms with E-state index in [-0.39, 0.29) is 30.8 Å². The number of nitrogens with one attached hydrogen (secondary N) is 2. The molecule has 1 saturated heterocycles. The molecule has 1 unspecified atom stereocenters. The maximum absolute atomic E-state index is 12.9. The van der Waals surface area contributed by atoms with Crippen molar-refractivity contribution in [1.29, 1.82) is 0 Å². The summed E-state index contributed by atoms with van der Waals surface area (Å²) < 4.78 is 0. The van der Waals surface area contributed by atoms with Gasteiger partial charge in [-0.1, -0.05) is 54.1 Å². The molecule has 1 atom stereocenters. The number of likely N-dealkylation sites (tertiary alicyclic amines) is 1. The van der Waals surface area contributed by atoms with Crippen molar-refractivity contribution in [2.45, 2.75) is 25.3 Å². The predicted molar refractivity (Wildman–Crippen MR) is 112 cm³/mol. The number of rotatable bonds is 7. The Labute approximate surface area is 175 Å². The van der Waals surface area contributed by atoms with Gasteiger partial charge in [-0.15, -0.1) is 0 Å². The van der Waals surface area contributed by atoms with Crippen LogP contribution in [0.15, 0.2) is 54.6 Å². The number of amides is 3. The monoisotopic (exact) mass is 413 g/mol. The van der Waals surface area contributed by atoms with E-state index in [1.165, 1.54) is 0 Å². The van der Waals surface area contributed by atoms with Gasteiger partial charge >= 0.3 is 0 Å². The van der Waals surface area contributed by atoms with Crippen LogP contribution in [0.4, 0.5) is 0 Å². The molecule has 1 aliphatic rings. The Hall–Kier alpha value is -2.86. The third-order valence-electron chi connectivity index (χ3n) is 4.86. The van der Waals surface area contributed by atoms with Crippen molar-refractivity contribution in [3.63, 3.8) is 0 Å². The molecule has 1 aliphatic heterocycles. The summed E-state index contributed by atoms with van der Waals surface area (Å²) in [6.07, 6.45) is 2.20. The highest BCUT2D eigenvalue weighted by atomic mass is 35.5. The standard InChI is InChI=1S/C22H24ClN3O3/c23-18-11-5-4-10-17(18)21(28)24-13-14-25-22(29)20(16-8-2-1-3-9-16)26-15-7-6-12-19(26)27/h1-5,8-11,20H,6-7,12-15H2,(H,24,28)(H,25,29). The molecule has 3 amide bonds. The van der Waals surface area contributed by atoms with E-state index in [0.29, 0.717) is 23.6 Å². The predicted octanol–water partition coefficient (Wildman–Crippen LogP) is 2.94. The molecule has 0 radical (unpaired) electrons. The molecule has 1 heterocycles. The van der Waals surface area contributed by atoms with Gasteiger partial charge in [0, 0.05) is 26.1 Å². The second-order valence-electron chi connectivity index (χ2n) is 6.88. The Balaban J connectivity index is 1.59. The summed E-state index contributed by atoms with van der Waals surface area (Å²) in [6, 6.07) is 15.4. The van der Waals surface area contributed by atoms with E-state index in [4.69, 9.17) is 11.6 Å². The highest BCUT2D eigenvalue weighted by Gasteiger charge is 2.32. The smallest absolute Gasteiger partial charge is 0.252 e. The first-order valence-electron chi connectivity index (χ1n) is 9.73. The molecule has 6 nitrogen and oxygen atoms in total. The second kappa shape index (κ2) is 10.1. The lowest BCUT2D eigenvalue weighted by Crippen LogP contribution is -2.47. The molecule has 2 aromatic carbocycles. The number of carbonyl (C=O) groups is 3. The van der Waals surface area contributed by atoms with E-state index in [1.54, 1.807) is 29.2 Å². The molecule has 0 spiro atoms. The Morgan fingerprint density at radius 3 is 2.38 bits per heavy atom. The lowest BCUT2D eigenvalue weighted by molar-refractivity contribution is -0.142.